The summed E-state index contributed by atoms with van der Waals surface area (Å²) in [6.07, 6.45) is 0. The third-order valence-corrected chi connectivity index (χ3v) is 2.93. The molecule has 0 radical (unpaired) electrons. The first-order valence-corrected chi connectivity index (χ1v) is 6.44. The number of anilines is 1. The minimum Gasteiger partial charge on any atom is -0.508 e. The first-order chi connectivity index (χ1) is 9.19. The second-order valence-corrected chi connectivity index (χ2v) is 4.43. The lowest BCUT2D eigenvalue weighted by Gasteiger charge is -2.09. The summed E-state index contributed by atoms with van der Waals surface area (Å²) in [5.41, 5.74) is 3.06. The normalized spacial score (nSPS) is 10.2. The molecule has 3 heteroatoms. The van der Waals surface area contributed by atoms with Gasteiger partial charge in [0.05, 0.1) is 6.61 Å². The monoisotopic (exact) mass is 257 g/mol. The quantitative estimate of drug-likeness (QED) is 0.802. The van der Waals surface area contributed by atoms with E-state index in [-0.39, 0.29) is 0 Å². The van der Waals surface area contributed by atoms with Gasteiger partial charge in [0, 0.05) is 12.2 Å². The Morgan fingerprint density at radius 1 is 1.11 bits per heavy atom. The van der Waals surface area contributed by atoms with Gasteiger partial charge in [-0.05, 0) is 55.3 Å². The van der Waals surface area contributed by atoms with Gasteiger partial charge in [-0.15, -0.1) is 0 Å². The molecular formula is C16H19NO2. The second kappa shape index (κ2) is 6.14. The van der Waals surface area contributed by atoms with Gasteiger partial charge in [0.2, 0.25) is 0 Å². The maximum Gasteiger partial charge on any atom is 0.119 e. The standard InChI is InChI=1S/C16H19NO2/c1-3-19-15-7-4-13(5-8-15)11-17-14-6-9-16(18)12(2)10-14/h4-10,17-18H,3,11H2,1-2H3. The molecule has 0 atom stereocenters. The van der Waals surface area contributed by atoms with Crippen LogP contribution in [0.1, 0.15) is 18.1 Å². The van der Waals surface area contributed by atoms with E-state index in [1.54, 1.807) is 6.07 Å². The van der Waals surface area contributed by atoms with E-state index < -0.39 is 0 Å². The lowest BCUT2D eigenvalue weighted by Crippen LogP contribution is -1.99. The molecule has 2 aromatic carbocycles. The Hall–Kier alpha value is -2.16. The number of phenols is 1. The Bertz CT molecular complexity index is 535. The Kier molecular flexibility index (Phi) is 4.29. The molecule has 0 aromatic heterocycles. The molecule has 0 bridgehead atoms. The van der Waals surface area contributed by atoms with Crippen molar-refractivity contribution in [1.82, 2.24) is 0 Å². The first kappa shape index (κ1) is 13.3. The topological polar surface area (TPSA) is 41.5 Å². The highest BCUT2D eigenvalue weighted by molar-refractivity contribution is 5.50. The summed E-state index contributed by atoms with van der Waals surface area (Å²) in [4.78, 5) is 0. The molecule has 19 heavy (non-hydrogen) atoms. The van der Waals surface area contributed by atoms with Crippen LogP contribution in [-0.4, -0.2) is 11.7 Å². The first-order valence-electron chi connectivity index (χ1n) is 6.44. The minimum absolute atomic E-state index is 0.326. The summed E-state index contributed by atoms with van der Waals surface area (Å²) in [5, 5.41) is 12.8. The van der Waals surface area contributed by atoms with Crippen molar-refractivity contribution >= 4 is 5.69 Å². The molecule has 0 aliphatic rings. The van der Waals surface area contributed by atoms with E-state index >= 15 is 0 Å². The van der Waals surface area contributed by atoms with Crippen molar-refractivity contribution in [2.75, 3.05) is 11.9 Å². The predicted molar refractivity (Wildman–Crippen MR) is 77.8 cm³/mol. The van der Waals surface area contributed by atoms with Crippen molar-refractivity contribution in [3.8, 4) is 11.5 Å². The summed E-state index contributed by atoms with van der Waals surface area (Å²) in [7, 11) is 0. The molecule has 0 spiro atoms. The molecule has 0 heterocycles. The molecule has 0 unspecified atom stereocenters. The number of benzene rings is 2. The van der Waals surface area contributed by atoms with E-state index in [0.717, 1.165) is 23.5 Å². The fourth-order valence-corrected chi connectivity index (χ4v) is 1.84. The van der Waals surface area contributed by atoms with Crippen LogP contribution < -0.4 is 10.1 Å². The molecule has 2 rings (SSSR count). The largest absolute Gasteiger partial charge is 0.508 e. The van der Waals surface area contributed by atoms with Crippen LogP contribution in [0, 0.1) is 6.92 Å². The van der Waals surface area contributed by atoms with Crippen molar-refractivity contribution < 1.29 is 9.84 Å². The molecule has 0 aliphatic heterocycles. The summed E-state index contributed by atoms with van der Waals surface area (Å²) >= 11 is 0. The minimum atomic E-state index is 0.326. The van der Waals surface area contributed by atoms with Crippen molar-refractivity contribution in [2.24, 2.45) is 0 Å². The van der Waals surface area contributed by atoms with Gasteiger partial charge < -0.3 is 15.2 Å². The van der Waals surface area contributed by atoms with Crippen molar-refractivity contribution in [3.63, 3.8) is 0 Å². The summed E-state index contributed by atoms with van der Waals surface area (Å²) < 4.78 is 5.40. The number of aryl methyl sites for hydroxylation is 1. The van der Waals surface area contributed by atoms with Crippen LogP contribution in [0.5, 0.6) is 11.5 Å². The van der Waals surface area contributed by atoms with Gasteiger partial charge in [-0.3, -0.25) is 0 Å². The molecule has 0 aliphatic carbocycles. The molecule has 2 aromatic rings. The maximum atomic E-state index is 9.47. The molecule has 2 N–H and O–H groups in total. The van der Waals surface area contributed by atoms with Crippen molar-refractivity contribution in [3.05, 3.63) is 53.6 Å². The molecule has 0 saturated heterocycles. The van der Waals surface area contributed by atoms with Gasteiger partial charge in [-0.25, -0.2) is 0 Å². The van der Waals surface area contributed by atoms with E-state index in [2.05, 4.69) is 5.32 Å². The van der Waals surface area contributed by atoms with Crippen LogP contribution >= 0.6 is 0 Å². The van der Waals surface area contributed by atoms with Gasteiger partial charge in [-0.2, -0.15) is 0 Å². The maximum absolute atomic E-state index is 9.47. The number of nitrogens with one attached hydrogen (secondary N) is 1. The smallest absolute Gasteiger partial charge is 0.119 e. The van der Waals surface area contributed by atoms with E-state index in [0.29, 0.717) is 12.4 Å². The van der Waals surface area contributed by atoms with Gasteiger partial charge in [-0.1, -0.05) is 12.1 Å². The van der Waals surface area contributed by atoms with Crippen molar-refractivity contribution in [2.45, 2.75) is 20.4 Å². The number of hydrogen-bond acceptors (Lipinski definition) is 3. The fourth-order valence-electron chi connectivity index (χ4n) is 1.84. The van der Waals surface area contributed by atoms with Crippen LogP contribution in [-0.2, 0) is 6.54 Å². The molecule has 0 saturated carbocycles. The van der Waals surface area contributed by atoms with Crippen LogP contribution in [0.2, 0.25) is 0 Å². The number of phenolic OH excluding ortho intramolecular Hbond substituents is 1. The highest BCUT2D eigenvalue weighted by Gasteiger charge is 1.99. The zero-order chi connectivity index (χ0) is 13.7. The van der Waals surface area contributed by atoms with Crippen LogP contribution in [0.3, 0.4) is 0 Å². The summed E-state index contributed by atoms with van der Waals surface area (Å²) in [6.45, 7) is 5.29. The predicted octanol–water partition coefficient (Wildman–Crippen LogP) is 3.71. The molecule has 0 fully saturated rings. The number of rotatable bonds is 5. The number of hydrogen-bond donors (Lipinski definition) is 2. The second-order valence-electron chi connectivity index (χ2n) is 4.43. The molecule has 3 nitrogen and oxygen atoms in total. The Balaban J connectivity index is 1.96. The summed E-state index contributed by atoms with van der Waals surface area (Å²) in [5.74, 6) is 1.22. The highest BCUT2D eigenvalue weighted by Crippen LogP contribution is 2.21. The SMILES string of the molecule is CCOc1ccc(CNc2ccc(O)c(C)c2)cc1. The van der Waals surface area contributed by atoms with Gasteiger partial charge >= 0.3 is 0 Å². The molecule has 100 valence electrons. The number of aromatic hydroxyl groups is 1. The zero-order valence-electron chi connectivity index (χ0n) is 11.3. The van der Waals surface area contributed by atoms with Gasteiger partial charge in [0.25, 0.3) is 0 Å². The van der Waals surface area contributed by atoms with Gasteiger partial charge in [0.15, 0.2) is 0 Å². The molecular weight excluding hydrogens is 238 g/mol. The lowest BCUT2D eigenvalue weighted by atomic mass is 10.2. The van der Waals surface area contributed by atoms with E-state index in [1.807, 2.05) is 50.2 Å². The Morgan fingerprint density at radius 3 is 2.47 bits per heavy atom. The third-order valence-electron chi connectivity index (χ3n) is 2.93. The van der Waals surface area contributed by atoms with Crippen LogP contribution in [0.4, 0.5) is 5.69 Å². The Labute approximate surface area is 113 Å². The van der Waals surface area contributed by atoms with Crippen molar-refractivity contribution in [1.29, 1.82) is 0 Å². The fraction of sp³-hybridized carbons (Fsp3) is 0.250. The Morgan fingerprint density at radius 2 is 1.84 bits per heavy atom. The van der Waals surface area contributed by atoms with E-state index in [1.165, 1.54) is 5.56 Å². The zero-order valence-corrected chi connectivity index (χ0v) is 11.3. The van der Waals surface area contributed by atoms with Gasteiger partial charge in [0.1, 0.15) is 11.5 Å². The highest BCUT2D eigenvalue weighted by atomic mass is 16.5. The third kappa shape index (κ3) is 3.65. The average molecular weight is 257 g/mol. The van der Waals surface area contributed by atoms with Crippen LogP contribution in [0.15, 0.2) is 42.5 Å². The summed E-state index contributed by atoms with van der Waals surface area (Å²) in [6, 6.07) is 13.6. The average Bonchev–Trinajstić information content (AvgIpc) is 2.42. The van der Waals surface area contributed by atoms with E-state index in [9.17, 15) is 5.11 Å². The van der Waals surface area contributed by atoms with E-state index in [4.69, 9.17) is 4.74 Å². The number of ether oxygens (including phenoxy) is 1. The van der Waals surface area contributed by atoms with Crippen LogP contribution in [0.25, 0.3) is 0 Å². The molecule has 0 amide bonds. The lowest BCUT2D eigenvalue weighted by molar-refractivity contribution is 0.340.